The molecule has 2 aliphatic rings. The second kappa shape index (κ2) is 6.41. The Balaban J connectivity index is 1.95. The molecule has 0 spiro atoms. The predicted molar refractivity (Wildman–Crippen MR) is 83.8 cm³/mol. The topological polar surface area (TPSA) is 69.7 Å². The van der Waals surface area contributed by atoms with Gasteiger partial charge in [0, 0.05) is 12.8 Å². The van der Waals surface area contributed by atoms with E-state index in [1.54, 1.807) is 0 Å². The van der Waals surface area contributed by atoms with E-state index in [2.05, 4.69) is 63.7 Å². The maximum absolute atomic E-state index is 12.0. The Kier molecular flexibility index (Phi) is 5.25. The number of ether oxygens (including phenoxy) is 2. The zero-order chi connectivity index (χ0) is 15.0. The van der Waals surface area contributed by atoms with Gasteiger partial charge in [-0.15, -0.1) is 0 Å². The van der Waals surface area contributed by atoms with Gasteiger partial charge in [0.2, 0.25) is 0 Å². The molecule has 2 atom stereocenters. The van der Waals surface area contributed by atoms with E-state index in [1.165, 1.54) is 0 Å². The Bertz CT molecular complexity index is 517. The second-order valence-corrected chi connectivity index (χ2v) is 7.35. The molecule has 2 heterocycles. The highest BCUT2D eigenvalue weighted by molar-refractivity contribution is 9.14. The maximum Gasteiger partial charge on any atom is 0.346 e. The Morgan fingerprint density at radius 2 is 1.20 bits per heavy atom. The van der Waals surface area contributed by atoms with Gasteiger partial charge in [-0.25, -0.2) is 9.59 Å². The van der Waals surface area contributed by atoms with Crippen molar-refractivity contribution in [3.8, 4) is 0 Å². The number of cyclic esters (lactones) is 2. The molecule has 9 heteroatoms. The van der Waals surface area contributed by atoms with Gasteiger partial charge in [-0.1, -0.05) is 31.9 Å². The number of esters is 2. The highest BCUT2D eigenvalue weighted by Gasteiger charge is 2.36. The van der Waals surface area contributed by atoms with Crippen molar-refractivity contribution >= 4 is 81.4 Å². The van der Waals surface area contributed by atoms with Crippen molar-refractivity contribution in [2.75, 3.05) is 0 Å². The smallest absolute Gasteiger partial charge is 0.346 e. The molecule has 0 unspecified atom stereocenters. The second-order valence-electron chi connectivity index (χ2n) is 4.06. The molecule has 108 valence electrons. The molecule has 0 radical (unpaired) electrons. The number of hydrogen-bond donors (Lipinski definition) is 0. The third-order valence-electron chi connectivity index (χ3n) is 2.67. The molecule has 0 aromatic heterocycles. The summed E-state index contributed by atoms with van der Waals surface area (Å²) in [6.45, 7) is 0. The van der Waals surface area contributed by atoms with Crippen LogP contribution >= 0.6 is 63.7 Å². The lowest BCUT2D eigenvalue weighted by Gasteiger charge is -2.12. The highest BCUT2D eigenvalue weighted by atomic mass is 79.9. The van der Waals surface area contributed by atoms with Crippen molar-refractivity contribution in [3.63, 3.8) is 0 Å². The molecule has 5 nitrogen and oxygen atoms in total. The van der Waals surface area contributed by atoms with Gasteiger partial charge in [0.25, 0.3) is 0 Å². The number of hydrogen-bond acceptors (Lipinski definition) is 5. The van der Waals surface area contributed by atoms with Crippen LogP contribution in [0.4, 0.5) is 0 Å². The minimum atomic E-state index is -0.632. The first-order chi connectivity index (χ1) is 9.31. The summed E-state index contributed by atoms with van der Waals surface area (Å²) in [4.78, 5) is 34.6. The first-order valence-corrected chi connectivity index (χ1v) is 8.52. The normalized spacial score (nSPS) is 26.2. The van der Waals surface area contributed by atoms with Crippen LogP contribution in [0.1, 0.15) is 12.8 Å². The monoisotopic (exact) mass is 534 g/mol. The Morgan fingerprint density at radius 3 is 1.45 bits per heavy atom. The molecule has 2 rings (SSSR count). The maximum atomic E-state index is 12.0. The number of Topliss-reactive ketones (excluding diaryl/α,β-unsaturated/α-hetero) is 1. The van der Waals surface area contributed by atoms with Crippen LogP contribution in [-0.4, -0.2) is 29.9 Å². The molecule has 0 aliphatic carbocycles. The molecule has 0 saturated heterocycles. The quantitative estimate of drug-likeness (QED) is 0.515. The number of carbonyl (C=O) groups excluding carboxylic acids is 3. The van der Waals surface area contributed by atoms with Gasteiger partial charge in [0.05, 0.1) is 8.96 Å². The van der Waals surface area contributed by atoms with E-state index in [0.717, 1.165) is 0 Å². The summed E-state index contributed by atoms with van der Waals surface area (Å²) in [5, 5.41) is 0. The van der Waals surface area contributed by atoms with Gasteiger partial charge in [-0.05, 0) is 31.9 Å². The summed E-state index contributed by atoms with van der Waals surface area (Å²) in [6, 6.07) is 0. The van der Waals surface area contributed by atoms with Crippen LogP contribution in [0.15, 0.2) is 17.9 Å². The fourth-order valence-corrected chi connectivity index (χ4v) is 3.23. The van der Waals surface area contributed by atoms with Gasteiger partial charge >= 0.3 is 11.9 Å². The van der Waals surface area contributed by atoms with E-state index in [0.29, 0.717) is 8.96 Å². The number of halogens is 4. The van der Waals surface area contributed by atoms with Gasteiger partial charge in [0.1, 0.15) is 27.0 Å². The average Bonchev–Trinajstić information content (AvgIpc) is 2.76. The van der Waals surface area contributed by atoms with E-state index in [1.807, 2.05) is 0 Å². The summed E-state index contributed by atoms with van der Waals surface area (Å²) in [7, 11) is 0. The molecular formula is C11H6Br4O5. The first-order valence-electron chi connectivity index (χ1n) is 5.35. The van der Waals surface area contributed by atoms with Crippen LogP contribution in [-0.2, 0) is 23.9 Å². The summed E-state index contributed by atoms with van der Waals surface area (Å²) in [5.74, 6) is -1.20. The minimum Gasteiger partial charge on any atom is -0.452 e. The van der Waals surface area contributed by atoms with E-state index in [-0.39, 0.29) is 27.6 Å². The van der Waals surface area contributed by atoms with Crippen molar-refractivity contribution in [2.45, 2.75) is 25.0 Å². The number of ketones is 1. The summed E-state index contributed by atoms with van der Waals surface area (Å²) < 4.78 is 11.6. The van der Waals surface area contributed by atoms with E-state index < -0.39 is 24.1 Å². The Labute approximate surface area is 147 Å². The van der Waals surface area contributed by atoms with E-state index in [9.17, 15) is 14.4 Å². The van der Waals surface area contributed by atoms with Crippen molar-refractivity contribution in [2.24, 2.45) is 0 Å². The molecule has 0 saturated carbocycles. The molecule has 0 bridgehead atoms. The lowest BCUT2D eigenvalue weighted by atomic mass is 10.1. The van der Waals surface area contributed by atoms with Crippen LogP contribution in [0, 0.1) is 0 Å². The molecule has 0 N–H and O–H groups in total. The van der Waals surface area contributed by atoms with Crippen LogP contribution in [0.25, 0.3) is 0 Å². The molecule has 0 aromatic carbocycles. The standard InChI is InChI=1S/C11H6Br4O5/c12-6-4(19-10(17)8(6)14)1-3(16)2-5-7(13)9(15)11(18)20-5/h4-5H,1-2H2/t4-,5-/m1/s1. The average molecular weight is 538 g/mol. The molecule has 2 aliphatic heterocycles. The van der Waals surface area contributed by atoms with Gasteiger partial charge in [0.15, 0.2) is 0 Å². The Hall–Kier alpha value is 0.01000. The fourth-order valence-electron chi connectivity index (χ4n) is 1.70. The molecule has 0 fully saturated rings. The molecular weight excluding hydrogens is 532 g/mol. The van der Waals surface area contributed by atoms with Gasteiger partial charge in [-0.2, -0.15) is 0 Å². The number of rotatable bonds is 4. The van der Waals surface area contributed by atoms with Crippen molar-refractivity contribution in [3.05, 3.63) is 17.9 Å². The van der Waals surface area contributed by atoms with Crippen molar-refractivity contribution in [1.82, 2.24) is 0 Å². The van der Waals surface area contributed by atoms with Crippen LogP contribution in [0.2, 0.25) is 0 Å². The summed E-state index contributed by atoms with van der Waals surface area (Å²) in [5.41, 5.74) is 0. The SMILES string of the molecule is O=C(C[C@H]1OC(=O)C(Br)=C1Br)C[C@H]1OC(=O)C(Br)=C1Br. The Morgan fingerprint density at radius 1 is 0.850 bits per heavy atom. The third kappa shape index (κ3) is 3.26. The predicted octanol–water partition coefficient (Wildman–Crippen LogP) is 3.19. The van der Waals surface area contributed by atoms with Crippen LogP contribution in [0.3, 0.4) is 0 Å². The van der Waals surface area contributed by atoms with E-state index >= 15 is 0 Å². The molecule has 20 heavy (non-hydrogen) atoms. The zero-order valence-electron chi connectivity index (χ0n) is 9.62. The largest absolute Gasteiger partial charge is 0.452 e. The third-order valence-corrected chi connectivity index (χ3v) is 7.05. The van der Waals surface area contributed by atoms with Crippen molar-refractivity contribution in [1.29, 1.82) is 0 Å². The van der Waals surface area contributed by atoms with Crippen molar-refractivity contribution < 1.29 is 23.9 Å². The summed E-state index contributed by atoms with van der Waals surface area (Å²) in [6.07, 6.45) is -1.22. The lowest BCUT2D eigenvalue weighted by molar-refractivity contribution is -0.140. The van der Waals surface area contributed by atoms with Crippen LogP contribution < -0.4 is 0 Å². The van der Waals surface area contributed by atoms with Crippen LogP contribution in [0.5, 0.6) is 0 Å². The zero-order valence-corrected chi connectivity index (χ0v) is 16.0. The lowest BCUT2D eigenvalue weighted by Crippen LogP contribution is -2.20. The number of carbonyl (C=O) groups is 3. The van der Waals surface area contributed by atoms with E-state index in [4.69, 9.17) is 9.47 Å². The molecule has 0 aromatic rings. The van der Waals surface area contributed by atoms with Gasteiger partial charge < -0.3 is 9.47 Å². The minimum absolute atomic E-state index is 0.0212. The fraction of sp³-hybridized carbons (Fsp3) is 0.364. The highest BCUT2D eigenvalue weighted by Crippen LogP contribution is 2.36. The van der Waals surface area contributed by atoms with Gasteiger partial charge in [-0.3, -0.25) is 4.79 Å². The summed E-state index contributed by atoms with van der Waals surface area (Å²) >= 11 is 12.6. The molecule has 0 amide bonds. The first kappa shape index (κ1) is 16.4.